The molecule has 3 aromatic rings. The third-order valence-electron chi connectivity index (χ3n) is 3.91. The standard InChI is InChI=1S/C17H15BrN2O3S/c1-9(17(22)23-3)20-8-19-15-14(16(20)21)13(10(2)24-15)11-4-6-12(18)7-5-11/h4-9H,1-3H3. The van der Waals surface area contributed by atoms with Crippen molar-refractivity contribution in [1.82, 2.24) is 9.55 Å². The number of methoxy groups -OCH3 is 1. The summed E-state index contributed by atoms with van der Waals surface area (Å²) in [6, 6.07) is 7.06. The second-order valence-corrected chi connectivity index (χ2v) is 7.50. The van der Waals surface area contributed by atoms with Gasteiger partial charge in [0.1, 0.15) is 10.9 Å². The number of esters is 1. The minimum Gasteiger partial charge on any atom is -0.467 e. The molecule has 0 aliphatic heterocycles. The Morgan fingerprint density at radius 2 is 2.00 bits per heavy atom. The zero-order valence-corrected chi connectivity index (χ0v) is 15.8. The fraction of sp³-hybridized carbons (Fsp3) is 0.235. The highest BCUT2D eigenvalue weighted by atomic mass is 79.9. The van der Waals surface area contributed by atoms with Crippen LogP contribution >= 0.6 is 27.3 Å². The van der Waals surface area contributed by atoms with Gasteiger partial charge in [0.15, 0.2) is 0 Å². The van der Waals surface area contributed by atoms with Crippen LogP contribution in [-0.2, 0) is 9.53 Å². The van der Waals surface area contributed by atoms with Crippen molar-refractivity contribution in [3.05, 3.63) is 50.3 Å². The Hall–Kier alpha value is -1.99. The molecule has 0 radical (unpaired) electrons. The van der Waals surface area contributed by atoms with E-state index in [1.54, 1.807) is 6.92 Å². The topological polar surface area (TPSA) is 61.2 Å². The maximum Gasteiger partial charge on any atom is 0.328 e. The van der Waals surface area contributed by atoms with Crippen molar-refractivity contribution in [2.75, 3.05) is 7.11 Å². The number of ether oxygens (including phenoxy) is 1. The van der Waals surface area contributed by atoms with Crippen molar-refractivity contribution >= 4 is 43.5 Å². The van der Waals surface area contributed by atoms with Gasteiger partial charge in [-0.1, -0.05) is 28.1 Å². The lowest BCUT2D eigenvalue weighted by Crippen LogP contribution is -2.29. The molecular weight excluding hydrogens is 392 g/mol. The van der Waals surface area contributed by atoms with E-state index in [9.17, 15) is 9.59 Å². The minimum absolute atomic E-state index is 0.236. The molecule has 0 aliphatic rings. The maximum absolute atomic E-state index is 13.0. The molecular formula is C17H15BrN2O3S. The Balaban J connectivity index is 2.27. The third-order valence-corrected chi connectivity index (χ3v) is 5.45. The number of fused-ring (bicyclic) bond motifs is 1. The smallest absolute Gasteiger partial charge is 0.328 e. The molecule has 0 saturated carbocycles. The average Bonchev–Trinajstić information content (AvgIpc) is 2.91. The minimum atomic E-state index is -0.725. The normalized spacial score (nSPS) is 12.3. The van der Waals surface area contributed by atoms with E-state index in [2.05, 4.69) is 20.9 Å². The number of carbonyl (C=O) groups excluding carboxylic acids is 1. The number of carbonyl (C=O) groups is 1. The number of aryl methyl sites for hydroxylation is 1. The predicted octanol–water partition coefficient (Wildman–Crippen LogP) is 3.93. The first-order valence-electron chi connectivity index (χ1n) is 7.28. The molecule has 0 saturated heterocycles. The van der Waals surface area contributed by atoms with Crippen molar-refractivity contribution in [3.8, 4) is 11.1 Å². The van der Waals surface area contributed by atoms with Crippen LogP contribution in [-0.4, -0.2) is 22.6 Å². The molecule has 0 aliphatic carbocycles. The largest absolute Gasteiger partial charge is 0.467 e. The van der Waals surface area contributed by atoms with Gasteiger partial charge in [0.2, 0.25) is 0 Å². The molecule has 5 nitrogen and oxygen atoms in total. The molecule has 1 unspecified atom stereocenters. The van der Waals surface area contributed by atoms with E-state index in [-0.39, 0.29) is 5.56 Å². The van der Waals surface area contributed by atoms with Gasteiger partial charge in [-0.15, -0.1) is 11.3 Å². The molecule has 24 heavy (non-hydrogen) atoms. The quantitative estimate of drug-likeness (QED) is 0.618. The Kier molecular flexibility index (Phi) is 4.56. The van der Waals surface area contributed by atoms with Gasteiger partial charge in [-0.2, -0.15) is 0 Å². The van der Waals surface area contributed by atoms with E-state index in [0.29, 0.717) is 10.2 Å². The van der Waals surface area contributed by atoms with Gasteiger partial charge in [-0.05, 0) is 31.5 Å². The molecule has 1 aromatic carbocycles. The summed E-state index contributed by atoms with van der Waals surface area (Å²) in [6.07, 6.45) is 1.41. The first-order valence-corrected chi connectivity index (χ1v) is 8.89. The average molecular weight is 407 g/mol. The number of hydrogen-bond donors (Lipinski definition) is 0. The zero-order chi connectivity index (χ0) is 17.4. The summed E-state index contributed by atoms with van der Waals surface area (Å²) in [4.78, 5) is 30.8. The summed E-state index contributed by atoms with van der Waals surface area (Å²) >= 11 is 4.89. The number of hydrogen-bond acceptors (Lipinski definition) is 5. The fourth-order valence-electron chi connectivity index (χ4n) is 2.64. The van der Waals surface area contributed by atoms with Crippen LogP contribution in [0.3, 0.4) is 0 Å². The molecule has 0 spiro atoms. The van der Waals surface area contributed by atoms with Crippen molar-refractivity contribution in [2.45, 2.75) is 19.9 Å². The summed E-state index contributed by atoms with van der Waals surface area (Å²) in [7, 11) is 1.30. The fourth-order valence-corrected chi connectivity index (χ4v) is 3.91. The van der Waals surface area contributed by atoms with Crippen LogP contribution in [0.4, 0.5) is 0 Å². The van der Waals surface area contributed by atoms with Crippen molar-refractivity contribution in [3.63, 3.8) is 0 Å². The van der Waals surface area contributed by atoms with Crippen LogP contribution in [0.5, 0.6) is 0 Å². The molecule has 3 rings (SSSR count). The SMILES string of the molecule is COC(=O)C(C)n1cnc2sc(C)c(-c3ccc(Br)cc3)c2c1=O. The van der Waals surface area contributed by atoms with E-state index in [4.69, 9.17) is 4.74 Å². The summed E-state index contributed by atoms with van der Waals surface area (Å²) in [6.45, 7) is 3.59. The van der Waals surface area contributed by atoms with Crippen molar-refractivity contribution in [2.24, 2.45) is 0 Å². The second kappa shape index (κ2) is 6.49. The highest BCUT2D eigenvalue weighted by Crippen LogP contribution is 2.36. The third kappa shape index (κ3) is 2.78. The number of nitrogens with zero attached hydrogens (tertiary/aromatic N) is 2. The van der Waals surface area contributed by atoms with E-state index in [0.717, 1.165) is 20.5 Å². The molecule has 2 aromatic heterocycles. The van der Waals surface area contributed by atoms with Crippen molar-refractivity contribution in [1.29, 1.82) is 0 Å². The van der Waals surface area contributed by atoms with Crippen molar-refractivity contribution < 1.29 is 9.53 Å². The molecule has 0 fully saturated rings. The number of thiophene rings is 1. The Bertz CT molecular complexity index is 976. The Morgan fingerprint density at radius 1 is 1.33 bits per heavy atom. The van der Waals surface area contributed by atoms with E-state index < -0.39 is 12.0 Å². The lowest BCUT2D eigenvalue weighted by atomic mass is 10.0. The number of halogens is 1. The first-order chi connectivity index (χ1) is 11.4. The van der Waals surface area contributed by atoms with Gasteiger partial charge in [0, 0.05) is 14.9 Å². The molecule has 0 amide bonds. The molecule has 0 N–H and O–H groups in total. The monoisotopic (exact) mass is 406 g/mol. The summed E-state index contributed by atoms with van der Waals surface area (Å²) < 4.78 is 7.03. The van der Waals surface area contributed by atoms with Gasteiger partial charge in [-0.25, -0.2) is 9.78 Å². The number of rotatable bonds is 3. The summed E-state index contributed by atoms with van der Waals surface area (Å²) in [5.41, 5.74) is 1.58. The second-order valence-electron chi connectivity index (χ2n) is 5.38. The predicted molar refractivity (Wildman–Crippen MR) is 98.5 cm³/mol. The van der Waals surface area contributed by atoms with Gasteiger partial charge >= 0.3 is 5.97 Å². The van der Waals surface area contributed by atoms with Gasteiger partial charge < -0.3 is 4.74 Å². The Labute approximate surface area is 151 Å². The molecule has 1 atom stereocenters. The summed E-state index contributed by atoms with van der Waals surface area (Å²) in [5, 5.41) is 0.540. The lowest BCUT2D eigenvalue weighted by molar-refractivity contribution is -0.144. The first kappa shape index (κ1) is 16.9. The van der Waals surface area contributed by atoms with Crippen LogP contribution in [0.1, 0.15) is 17.8 Å². The van der Waals surface area contributed by atoms with Crippen LogP contribution in [0.25, 0.3) is 21.3 Å². The molecule has 124 valence electrons. The van der Waals surface area contributed by atoms with Crippen LogP contribution < -0.4 is 5.56 Å². The molecule has 2 heterocycles. The van der Waals surface area contributed by atoms with E-state index in [1.807, 2.05) is 31.2 Å². The zero-order valence-electron chi connectivity index (χ0n) is 13.4. The van der Waals surface area contributed by atoms with Crippen LogP contribution in [0.15, 0.2) is 39.9 Å². The molecule has 0 bridgehead atoms. The molecule has 7 heteroatoms. The van der Waals surface area contributed by atoms with Gasteiger partial charge in [0.05, 0.1) is 18.8 Å². The lowest BCUT2D eigenvalue weighted by Gasteiger charge is -2.12. The highest BCUT2D eigenvalue weighted by molar-refractivity contribution is 9.10. The van der Waals surface area contributed by atoms with Crippen LogP contribution in [0.2, 0.25) is 0 Å². The van der Waals surface area contributed by atoms with E-state index in [1.165, 1.54) is 29.3 Å². The number of benzene rings is 1. The van der Waals surface area contributed by atoms with Gasteiger partial charge in [-0.3, -0.25) is 9.36 Å². The van der Waals surface area contributed by atoms with Gasteiger partial charge in [0.25, 0.3) is 5.56 Å². The van der Waals surface area contributed by atoms with E-state index >= 15 is 0 Å². The Morgan fingerprint density at radius 3 is 2.62 bits per heavy atom. The highest BCUT2D eigenvalue weighted by Gasteiger charge is 2.22. The summed E-state index contributed by atoms with van der Waals surface area (Å²) in [5.74, 6) is -0.476. The maximum atomic E-state index is 13.0. The number of aromatic nitrogens is 2. The van der Waals surface area contributed by atoms with Crippen LogP contribution in [0, 0.1) is 6.92 Å².